The van der Waals surface area contributed by atoms with Gasteiger partial charge in [0, 0.05) is 19.2 Å². The highest BCUT2D eigenvalue weighted by Gasteiger charge is 2.27. The number of sulfonamides is 1. The van der Waals surface area contributed by atoms with Crippen LogP contribution in [0.25, 0.3) is 0 Å². The van der Waals surface area contributed by atoms with E-state index in [9.17, 15) is 8.42 Å². The maximum Gasteiger partial charge on any atom is 0.214 e. The minimum Gasteiger partial charge on any atom is -0.384 e. The third-order valence-corrected chi connectivity index (χ3v) is 3.82. The Morgan fingerprint density at radius 1 is 1.50 bits per heavy atom. The summed E-state index contributed by atoms with van der Waals surface area (Å²) in [5, 5.41) is 0. The second-order valence-electron chi connectivity index (χ2n) is 3.63. The van der Waals surface area contributed by atoms with Crippen LogP contribution in [0.5, 0.6) is 0 Å². The second kappa shape index (κ2) is 5.06. The molecule has 2 atom stereocenters. The first-order valence-electron chi connectivity index (χ1n) is 4.79. The summed E-state index contributed by atoms with van der Waals surface area (Å²) in [5.41, 5.74) is 5.76. The maximum absolute atomic E-state index is 11.4. The van der Waals surface area contributed by atoms with E-state index in [0.717, 1.165) is 19.3 Å². The highest BCUT2D eigenvalue weighted by Crippen LogP contribution is 2.17. The van der Waals surface area contributed by atoms with Gasteiger partial charge in [-0.05, 0) is 12.8 Å². The van der Waals surface area contributed by atoms with Gasteiger partial charge in [0.15, 0.2) is 0 Å². The third-order valence-electron chi connectivity index (χ3n) is 2.46. The molecule has 1 rings (SSSR count). The Morgan fingerprint density at radius 2 is 2.21 bits per heavy atom. The van der Waals surface area contributed by atoms with Gasteiger partial charge in [-0.3, -0.25) is 0 Å². The molecule has 0 saturated heterocycles. The first-order valence-corrected chi connectivity index (χ1v) is 6.45. The van der Waals surface area contributed by atoms with E-state index >= 15 is 0 Å². The molecule has 0 aromatic carbocycles. The van der Waals surface area contributed by atoms with Crippen molar-refractivity contribution in [3.8, 4) is 0 Å². The van der Waals surface area contributed by atoms with Crippen molar-refractivity contribution in [2.75, 3.05) is 19.5 Å². The summed E-state index contributed by atoms with van der Waals surface area (Å²) in [6, 6.07) is -0.121. The molecule has 5 nitrogen and oxygen atoms in total. The van der Waals surface area contributed by atoms with E-state index in [-0.39, 0.29) is 24.4 Å². The van der Waals surface area contributed by atoms with Crippen LogP contribution in [0.1, 0.15) is 19.3 Å². The number of hydrogen-bond acceptors (Lipinski definition) is 4. The van der Waals surface area contributed by atoms with Crippen LogP contribution >= 0.6 is 0 Å². The fourth-order valence-corrected chi connectivity index (χ4v) is 2.88. The normalized spacial score (nSPS) is 28.1. The lowest BCUT2D eigenvalue weighted by atomic mass is 10.2. The third kappa shape index (κ3) is 3.53. The molecule has 6 heteroatoms. The predicted molar refractivity (Wildman–Crippen MR) is 54.4 cm³/mol. The first kappa shape index (κ1) is 11.9. The van der Waals surface area contributed by atoms with Crippen LogP contribution in [0, 0.1) is 0 Å². The van der Waals surface area contributed by atoms with E-state index in [2.05, 4.69) is 4.72 Å². The summed E-state index contributed by atoms with van der Waals surface area (Å²) in [5.74, 6) is 0.00667. The van der Waals surface area contributed by atoms with Gasteiger partial charge in [-0.25, -0.2) is 13.1 Å². The lowest BCUT2D eigenvalue weighted by Crippen LogP contribution is -2.45. The van der Waals surface area contributed by atoms with Crippen LogP contribution in [-0.4, -0.2) is 40.0 Å². The molecule has 0 radical (unpaired) electrons. The van der Waals surface area contributed by atoms with Gasteiger partial charge < -0.3 is 10.5 Å². The van der Waals surface area contributed by atoms with Gasteiger partial charge in [-0.15, -0.1) is 0 Å². The van der Waals surface area contributed by atoms with Crippen molar-refractivity contribution in [2.45, 2.75) is 31.3 Å². The number of rotatable bonds is 5. The lowest BCUT2D eigenvalue weighted by molar-refractivity contribution is 0.216. The topological polar surface area (TPSA) is 81.4 Å². The van der Waals surface area contributed by atoms with E-state index in [1.807, 2.05) is 0 Å². The summed E-state index contributed by atoms with van der Waals surface area (Å²) in [7, 11) is -1.73. The Hall–Kier alpha value is -0.170. The van der Waals surface area contributed by atoms with Crippen molar-refractivity contribution < 1.29 is 13.2 Å². The van der Waals surface area contributed by atoms with Crippen molar-refractivity contribution in [3.63, 3.8) is 0 Å². The number of nitrogens with two attached hydrogens (primary N) is 1. The average Bonchev–Trinajstić information content (AvgIpc) is 2.48. The van der Waals surface area contributed by atoms with E-state index < -0.39 is 10.0 Å². The first-order chi connectivity index (χ1) is 6.55. The Balaban J connectivity index is 2.42. The summed E-state index contributed by atoms with van der Waals surface area (Å²) >= 11 is 0. The monoisotopic (exact) mass is 222 g/mol. The van der Waals surface area contributed by atoms with E-state index in [1.165, 1.54) is 7.11 Å². The fourth-order valence-electron chi connectivity index (χ4n) is 1.62. The van der Waals surface area contributed by atoms with Gasteiger partial charge in [0.1, 0.15) is 0 Å². The minimum absolute atomic E-state index is 0.00667. The number of hydrogen-bond donors (Lipinski definition) is 2. The van der Waals surface area contributed by atoms with Crippen LogP contribution in [-0.2, 0) is 14.8 Å². The summed E-state index contributed by atoms with van der Waals surface area (Å²) in [6.07, 6.45) is 2.74. The lowest BCUT2D eigenvalue weighted by Gasteiger charge is -2.16. The van der Waals surface area contributed by atoms with Crippen LogP contribution in [0.15, 0.2) is 0 Å². The minimum atomic E-state index is -3.22. The van der Waals surface area contributed by atoms with Gasteiger partial charge in [0.05, 0.1) is 12.4 Å². The molecule has 84 valence electrons. The zero-order chi connectivity index (χ0) is 10.6. The molecule has 0 heterocycles. The number of nitrogens with one attached hydrogen (secondary N) is 1. The van der Waals surface area contributed by atoms with E-state index in [1.54, 1.807) is 0 Å². The molecule has 0 spiro atoms. The van der Waals surface area contributed by atoms with Gasteiger partial charge in [-0.1, -0.05) is 6.42 Å². The second-order valence-corrected chi connectivity index (χ2v) is 5.50. The average molecular weight is 222 g/mol. The van der Waals surface area contributed by atoms with E-state index in [0.29, 0.717) is 0 Å². The summed E-state index contributed by atoms with van der Waals surface area (Å²) in [6.45, 7) is 0.220. The van der Waals surface area contributed by atoms with Crippen LogP contribution in [0.4, 0.5) is 0 Å². The van der Waals surface area contributed by atoms with Crippen LogP contribution < -0.4 is 10.5 Å². The molecule has 14 heavy (non-hydrogen) atoms. The van der Waals surface area contributed by atoms with Crippen LogP contribution in [0.3, 0.4) is 0 Å². The molecule has 1 fully saturated rings. The number of ether oxygens (including phenoxy) is 1. The zero-order valence-corrected chi connectivity index (χ0v) is 9.22. The quantitative estimate of drug-likeness (QED) is 0.653. The molecule has 0 aromatic heterocycles. The Morgan fingerprint density at radius 3 is 2.71 bits per heavy atom. The molecular formula is C8H18N2O3S. The standard InChI is InChI=1S/C8H18N2O3S/c1-13-5-6-14(11,12)10-8-4-2-3-7(8)9/h7-8,10H,2-6,9H2,1H3. The molecule has 0 bridgehead atoms. The largest absolute Gasteiger partial charge is 0.384 e. The van der Waals surface area contributed by atoms with E-state index in [4.69, 9.17) is 10.5 Å². The maximum atomic E-state index is 11.4. The Bertz CT molecular complexity index is 266. The SMILES string of the molecule is COCCS(=O)(=O)NC1CCCC1N. The predicted octanol–water partition coefficient (Wildman–Crippen LogP) is -0.568. The molecule has 1 saturated carbocycles. The van der Waals surface area contributed by atoms with Crippen molar-refractivity contribution >= 4 is 10.0 Å². The molecule has 0 aliphatic heterocycles. The van der Waals surface area contributed by atoms with Gasteiger partial charge >= 0.3 is 0 Å². The summed E-state index contributed by atoms with van der Waals surface area (Å²) < 4.78 is 30.2. The Labute approximate surface area is 85.1 Å². The molecular weight excluding hydrogens is 204 g/mol. The van der Waals surface area contributed by atoms with Crippen molar-refractivity contribution in [1.82, 2.24) is 4.72 Å². The zero-order valence-electron chi connectivity index (χ0n) is 8.40. The molecule has 1 aliphatic carbocycles. The molecule has 2 unspecified atom stereocenters. The smallest absolute Gasteiger partial charge is 0.214 e. The fraction of sp³-hybridized carbons (Fsp3) is 1.00. The molecule has 3 N–H and O–H groups in total. The summed E-state index contributed by atoms with van der Waals surface area (Å²) in [4.78, 5) is 0. The Kier molecular flexibility index (Phi) is 4.31. The highest BCUT2D eigenvalue weighted by atomic mass is 32.2. The molecule has 0 aromatic rings. The van der Waals surface area contributed by atoms with Crippen molar-refractivity contribution in [2.24, 2.45) is 5.73 Å². The van der Waals surface area contributed by atoms with Gasteiger partial charge in [-0.2, -0.15) is 0 Å². The van der Waals surface area contributed by atoms with Gasteiger partial charge in [0.25, 0.3) is 0 Å². The number of methoxy groups -OCH3 is 1. The van der Waals surface area contributed by atoms with Crippen molar-refractivity contribution in [3.05, 3.63) is 0 Å². The molecule has 1 aliphatic rings. The van der Waals surface area contributed by atoms with Gasteiger partial charge in [0.2, 0.25) is 10.0 Å². The van der Waals surface area contributed by atoms with Crippen molar-refractivity contribution in [1.29, 1.82) is 0 Å². The molecule has 0 amide bonds. The highest BCUT2D eigenvalue weighted by molar-refractivity contribution is 7.89. The van der Waals surface area contributed by atoms with Crippen LogP contribution in [0.2, 0.25) is 0 Å².